The normalized spacial score (nSPS) is 20.5. The van der Waals surface area contributed by atoms with E-state index in [-0.39, 0.29) is 24.7 Å². The number of nitrogens with two attached hydrogens (primary N) is 1. The molecule has 214 valence electrons. The van der Waals surface area contributed by atoms with E-state index < -0.39 is 6.29 Å². The van der Waals surface area contributed by atoms with Crippen molar-refractivity contribution in [3.05, 3.63) is 125 Å². The van der Waals surface area contributed by atoms with Crippen LogP contribution in [0.25, 0.3) is 16.8 Å². The van der Waals surface area contributed by atoms with Crippen molar-refractivity contribution in [1.29, 1.82) is 0 Å². The number of aliphatic hydroxyl groups is 1. The second-order valence-corrected chi connectivity index (χ2v) is 11.4. The number of nitrogens with zero attached hydrogens (tertiary/aromatic N) is 4. The van der Waals surface area contributed by atoms with Crippen LogP contribution in [0.15, 0.2) is 108 Å². The lowest BCUT2D eigenvalue weighted by Crippen LogP contribution is -2.38. The topological polar surface area (TPSA) is 108 Å². The number of aliphatic hydroxyl groups excluding tert-OH is 1. The number of rotatable bonds is 9. The van der Waals surface area contributed by atoms with Gasteiger partial charge in [0.15, 0.2) is 6.29 Å². The zero-order chi connectivity index (χ0) is 28.9. The first kappa shape index (κ1) is 28.3. The first-order chi connectivity index (χ1) is 20.6. The van der Waals surface area contributed by atoms with E-state index in [0.29, 0.717) is 17.5 Å². The quantitative estimate of drug-likeness (QED) is 0.209. The number of benzene rings is 4. The van der Waals surface area contributed by atoms with Crippen molar-refractivity contribution in [1.82, 2.24) is 20.2 Å². The minimum Gasteiger partial charge on any atom is -0.392 e. The van der Waals surface area contributed by atoms with Crippen LogP contribution in [-0.4, -0.2) is 37.2 Å². The summed E-state index contributed by atoms with van der Waals surface area (Å²) in [5.41, 5.74) is 12.9. The molecule has 1 aromatic heterocycles. The van der Waals surface area contributed by atoms with Crippen LogP contribution in [0, 0.1) is 5.92 Å². The predicted octanol–water partition coefficient (Wildman–Crippen LogP) is 5.86. The average Bonchev–Trinajstić information content (AvgIpc) is 3.53. The Kier molecular flexibility index (Phi) is 8.73. The third kappa shape index (κ3) is 6.16. The van der Waals surface area contributed by atoms with Gasteiger partial charge in [0.25, 0.3) is 0 Å². The Morgan fingerprint density at radius 2 is 1.60 bits per heavy atom. The lowest BCUT2D eigenvalue weighted by molar-refractivity contribution is -0.268. The molecule has 1 fully saturated rings. The van der Waals surface area contributed by atoms with Crippen LogP contribution in [0.3, 0.4) is 0 Å². The van der Waals surface area contributed by atoms with Gasteiger partial charge < -0.3 is 20.3 Å². The van der Waals surface area contributed by atoms with Crippen molar-refractivity contribution in [2.24, 2.45) is 11.7 Å². The van der Waals surface area contributed by atoms with E-state index in [4.69, 9.17) is 15.2 Å². The first-order valence-corrected chi connectivity index (χ1v) is 15.0. The molecule has 9 heteroatoms. The van der Waals surface area contributed by atoms with Crippen molar-refractivity contribution in [3.8, 4) is 16.8 Å². The van der Waals surface area contributed by atoms with Crippen LogP contribution in [0.5, 0.6) is 0 Å². The summed E-state index contributed by atoms with van der Waals surface area (Å²) in [4.78, 5) is 0. The summed E-state index contributed by atoms with van der Waals surface area (Å²) < 4.78 is 15.0. The summed E-state index contributed by atoms with van der Waals surface area (Å²) in [7, 11) is 0. The maximum atomic E-state index is 9.54. The molecule has 4 aromatic carbocycles. The maximum Gasteiger partial charge on any atom is 0.214 e. The summed E-state index contributed by atoms with van der Waals surface area (Å²) >= 11 is 1.57. The fraction of sp³-hybridized carbons (Fsp3) is 0.242. The molecule has 0 spiro atoms. The Balaban J connectivity index is 1.25. The van der Waals surface area contributed by atoms with E-state index in [9.17, 15) is 5.11 Å². The molecule has 3 N–H and O–H groups in total. The van der Waals surface area contributed by atoms with Gasteiger partial charge in [0.2, 0.25) is 5.16 Å². The van der Waals surface area contributed by atoms with Gasteiger partial charge in [-0.2, -0.15) is 4.68 Å². The van der Waals surface area contributed by atoms with Crippen molar-refractivity contribution in [2.75, 3.05) is 5.75 Å². The molecule has 1 saturated heterocycles. The summed E-state index contributed by atoms with van der Waals surface area (Å²) in [5, 5.41) is 22.6. The molecule has 42 heavy (non-hydrogen) atoms. The molecular weight excluding hydrogens is 546 g/mol. The largest absolute Gasteiger partial charge is 0.392 e. The fourth-order valence-corrected chi connectivity index (χ4v) is 6.23. The number of ether oxygens (including phenoxy) is 2. The molecular formula is C33H33N5O3S. The molecule has 5 aromatic rings. The van der Waals surface area contributed by atoms with Crippen LogP contribution in [0.2, 0.25) is 0 Å². The van der Waals surface area contributed by atoms with Gasteiger partial charge >= 0.3 is 0 Å². The summed E-state index contributed by atoms with van der Waals surface area (Å²) in [5.74, 6) is 0.691. The first-order valence-electron chi connectivity index (χ1n) is 14.0. The molecule has 2 heterocycles. The number of thioether (sulfide) groups is 1. The Bertz CT molecular complexity index is 1590. The number of hydrogen-bond donors (Lipinski definition) is 2. The van der Waals surface area contributed by atoms with Gasteiger partial charge in [-0.3, -0.25) is 0 Å². The van der Waals surface area contributed by atoms with E-state index in [1.54, 1.807) is 16.4 Å². The van der Waals surface area contributed by atoms with Gasteiger partial charge in [-0.1, -0.05) is 104 Å². The monoisotopic (exact) mass is 579 g/mol. The predicted molar refractivity (Wildman–Crippen MR) is 163 cm³/mol. The van der Waals surface area contributed by atoms with Crippen molar-refractivity contribution >= 4 is 11.8 Å². The molecule has 0 amide bonds. The van der Waals surface area contributed by atoms with Crippen LogP contribution in [-0.2, 0) is 22.6 Å². The summed E-state index contributed by atoms with van der Waals surface area (Å²) in [6.45, 7) is 2.66. The molecule has 0 saturated carbocycles. The smallest absolute Gasteiger partial charge is 0.214 e. The number of hydrogen-bond acceptors (Lipinski definition) is 8. The summed E-state index contributed by atoms with van der Waals surface area (Å²) in [6.07, 6.45) is -0.893. The molecule has 0 unspecified atom stereocenters. The van der Waals surface area contributed by atoms with Crippen molar-refractivity contribution in [3.63, 3.8) is 0 Å². The highest BCUT2D eigenvalue weighted by Gasteiger charge is 2.38. The zero-order valence-electron chi connectivity index (χ0n) is 23.3. The van der Waals surface area contributed by atoms with E-state index >= 15 is 0 Å². The van der Waals surface area contributed by atoms with Gasteiger partial charge in [0.1, 0.15) is 0 Å². The number of para-hydroxylation sites is 1. The molecule has 0 radical (unpaired) electrons. The van der Waals surface area contributed by atoms with Crippen molar-refractivity contribution < 1.29 is 14.6 Å². The van der Waals surface area contributed by atoms with E-state index in [1.165, 1.54) is 0 Å². The molecule has 6 rings (SSSR count). The third-order valence-corrected chi connectivity index (χ3v) is 8.63. The Labute approximate surface area is 249 Å². The fourth-order valence-electron chi connectivity index (χ4n) is 5.18. The van der Waals surface area contributed by atoms with Crippen LogP contribution in [0.1, 0.15) is 41.6 Å². The Morgan fingerprint density at radius 1 is 0.833 bits per heavy atom. The van der Waals surface area contributed by atoms with Gasteiger partial charge in [0.05, 0.1) is 24.5 Å². The van der Waals surface area contributed by atoms with Crippen LogP contribution in [0.4, 0.5) is 0 Å². The van der Waals surface area contributed by atoms with E-state index in [1.807, 2.05) is 66.7 Å². The molecule has 0 bridgehead atoms. The van der Waals surface area contributed by atoms with E-state index in [0.717, 1.165) is 39.1 Å². The van der Waals surface area contributed by atoms with Crippen LogP contribution < -0.4 is 5.73 Å². The zero-order valence-corrected chi connectivity index (χ0v) is 24.1. The molecule has 4 atom stereocenters. The van der Waals surface area contributed by atoms with Gasteiger partial charge in [-0.15, -0.1) is 5.10 Å². The van der Waals surface area contributed by atoms with Crippen molar-refractivity contribution in [2.45, 2.75) is 43.7 Å². The summed E-state index contributed by atoms with van der Waals surface area (Å²) in [6, 6.07) is 34.4. The molecule has 8 nitrogen and oxygen atoms in total. The standard InChI is InChI=1S/C33H33N5O3S/c1-22-30(21-42-33-35-36-37-38(33)29-8-3-2-4-9-29)40-32(41-31(22)26-12-10-23(20-39)11-13-26)27-16-14-25(15-17-27)28-7-5-6-24(18-28)19-34/h2-18,22,30-32,39H,19-21,34H2,1H3/t22-,30+,31+,32+/m0/s1. The van der Waals surface area contributed by atoms with Crippen LogP contribution >= 0.6 is 11.8 Å². The second kappa shape index (κ2) is 13.0. The van der Waals surface area contributed by atoms with Gasteiger partial charge in [0, 0.05) is 23.8 Å². The minimum absolute atomic E-state index is 0.00300. The molecule has 1 aliphatic rings. The van der Waals surface area contributed by atoms with Gasteiger partial charge in [-0.25, -0.2) is 0 Å². The second-order valence-electron chi connectivity index (χ2n) is 10.4. The lowest BCUT2D eigenvalue weighted by Gasteiger charge is -2.41. The van der Waals surface area contributed by atoms with Gasteiger partial charge in [-0.05, 0) is 56.4 Å². The molecule has 0 aliphatic carbocycles. The Hall–Kier alpha value is -3.86. The SMILES string of the molecule is C[C@H]1[C@@H](CSc2nnnn2-c2ccccc2)O[C@@H](c2ccc(-c3cccc(CN)c3)cc2)O[C@H]1c1ccc(CO)cc1. The maximum absolute atomic E-state index is 9.54. The highest BCUT2D eigenvalue weighted by atomic mass is 32.2. The Morgan fingerprint density at radius 3 is 2.33 bits per heavy atom. The number of aromatic nitrogens is 4. The molecule has 1 aliphatic heterocycles. The minimum atomic E-state index is -0.552. The number of tetrazole rings is 1. The lowest BCUT2D eigenvalue weighted by atomic mass is 9.91. The third-order valence-electron chi connectivity index (χ3n) is 7.62. The highest BCUT2D eigenvalue weighted by Crippen LogP contribution is 2.43. The van der Waals surface area contributed by atoms with E-state index in [2.05, 4.69) is 58.8 Å². The average molecular weight is 580 g/mol. The highest BCUT2D eigenvalue weighted by molar-refractivity contribution is 7.99.